The maximum absolute atomic E-state index is 11.8. The molecule has 5 heteroatoms. The number of hydrogen-bond acceptors (Lipinski definition) is 3. The van der Waals surface area contributed by atoms with Crippen LogP contribution in [0.25, 0.3) is 0 Å². The van der Waals surface area contributed by atoms with Crippen molar-refractivity contribution in [1.29, 1.82) is 0 Å². The summed E-state index contributed by atoms with van der Waals surface area (Å²) in [6.45, 7) is 1.84. The summed E-state index contributed by atoms with van der Waals surface area (Å²) in [6.07, 6.45) is 0.993. The Morgan fingerprint density at radius 2 is 2.15 bits per heavy atom. The van der Waals surface area contributed by atoms with E-state index in [9.17, 15) is 9.90 Å². The molecule has 2 aliphatic heterocycles. The Morgan fingerprint density at radius 3 is 2.85 bits per heavy atom. The Balaban J connectivity index is 2.11. The van der Waals surface area contributed by atoms with Gasteiger partial charge in [-0.25, -0.2) is 0 Å². The van der Waals surface area contributed by atoms with Gasteiger partial charge in [-0.15, -0.1) is 0 Å². The molecule has 4 nitrogen and oxygen atoms in total. The minimum atomic E-state index is -0.730. The van der Waals surface area contributed by atoms with Crippen LogP contribution in [0.1, 0.15) is 17.9 Å². The number of fused-ring (bicyclic) bond motifs is 2. The molecule has 0 bridgehead atoms. The maximum atomic E-state index is 11.8. The number of rotatable bonds is 1. The van der Waals surface area contributed by atoms with Crippen LogP contribution in [0.15, 0.2) is 18.2 Å². The number of carbonyl (C=O) groups is 1. The second kappa shape index (κ2) is 4.93. The summed E-state index contributed by atoms with van der Waals surface area (Å²) in [6, 6.07) is 5.83. The van der Waals surface area contributed by atoms with Crippen molar-refractivity contribution in [3.8, 4) is 0 Å². The Kier molecular flexibility index (Phi) is 3.38. The number of hydrogen-bond donors (Lipinski definition) is 1. The van der Waals surface area contributed by atoms with E-state index in [4.69, 9.17) is 11.6 Å². The lowest BCUT2D eigenvalue weighted by Gasteiger charge is -2.49. The van der Waals surface area contributed by atoms with Gasteiger partial charge in [0.15, 0.2) is 0 Å². The van der Waals surface area contributed by atoms with Crippen LogP contribution in [0.2, 0.25) is 5.02 Å². The van der Waals surface area contributed by atoms with E-state index < -0.39 is 11.9 Å². The highest BCUT2D eigenvalue weighted by Gasteiger charge is 2.45. The first-order valence-electron chi connectivity index (χ1n) is 6.92. The molecular formula is C15H19ClN2O2. The molecular weight excluding hydrogens is 276 g/mol. The van der Waals surface area contributed by atoms with Gasteiger partial charge in [-0.2, -0.15) is 0 Å². The first-order valence-corrected chi connectivity index (χ1v) is 7.30. The van der Waals surface area contributed by atoms with E-state index in [2.05, 4.69) is 23.9 Å². The summed E-state index contributed by atoms with van der Waals surface area (Å²) >= 11 is 6.09. The number of likely N-dealkylation sites (tertiary alicyclic amines) is 1. The van der Waals surface area contributed by atoms with Gasteiger partial charge < -0.3 is 14.9 Å². The summed E-state index contributed by atoms with van der Waals surface area (Å²) in [7, 11) is 4.11. The van der Waals surface area contributed by atoms with Gasteiger partial charge in [-0.05, 0) is 37.7 Å². The standard InChI is InChI=1S/C15H19ClN2O2/c1-17-6-5-12-11(8-17)14(15(19)20)10-4-3-9(16)7-13(10)18(12)2/h3-4,7,11-12,14H,5-6,8H2,1-2H3,(H,19,20). The Hall–Kier alpha value is -1.26. The summed E-state index contributed by atoms with van der Waals surface area (Å²) in [5.41, 5.74) is 1.86. The number of nitrogens with zero attached hydrogens (tertiary/aromatic N) is 2. The van der Waals surface area contributed by atoms with Gasteiger partial charge >= 0.3 is 5.97 Å². The number of piperidine rings is 1. The van der Waals surface area contributed by atoms with Crippen molar-refractivity contribution < 1.29 is 9.90 Å². The highest BCUT2D eigenvalue weighted by Crippen LogP contribution is 2.45. The number of anilines is 1. The van der Waals surface area contributed by atoms with Crippen molar-refractivity contribution in [3.63, 3.8) is 0 Å². The molecule has 2 heterocycles. The number of halogens is 1. The molecule has 108 valence electrons. The molecule has 3 rings (SSSR count). The third kappa shape index (κ3) is 2.07. The Bertz CT molecular complexity index is 549. The van der Waals surface area contributed by atoms with Crippen molar-refractivity contribution in [2.75, 3.05) is 32.1 Å². The summed E-state index contributed by atoms with van der Waals surface area (Å²) in [5, 5.41) is 10.4. The van der Waals surface area contributed by atoms with E-state index in [-0.39, 0.29) is 12.0 Å². The third-order valence-electron chi connectivity index (χ3n) is 4.72. The monoisotopic (exact) mass is 294 g/mol. The average molecular weight is 295 g/mol. The molecule has 1 aromatic rings. The zero-order chi connectivity index (χ0) is 14.4. The molecule has 1 fully saturated rings. The molecule has 0 aromatic heterocycles. The second-order valence-corrected chi connectivity index (χ2v) is 6.35. The van der Waals surface area contributed by atoms with Crippen molar-refractivity contribution in [1.82, 2.24) is 4.90 Å². The quantitative estimate of drug-likeness (QED) is 0.863. The predicted molar refractivity (Wildman–Crippen MR) is 79.6 cm³/mol. The fourth-order valence-electron chi connectivity index (χ4n) is 3.76. The zero-order valence-electron chi connectivity index (χ0n) is 11.7. The van der Waals surface area contributed by atoms with Gasteiger partial charge in [0.25, 0.3) is 0 Å². The molecule has 1 aromatic carbocycles. The lowest BCUT2D eigenvalue weighted by Crippen LogP contribution is -2.55. The molecule has 3 atom stereocenters. The first-order chi connectivity index (χ1) is 9.49. The molecule has 0 amide bonds. The Labute approximate surface area is 123 Å². The van der Waals surface area contributed by atoms with Crippen LogP contribution in [-0.4, -0.2) is 49.2 Å². The molecule has 0 saturated carbocycles. The van der Waals surface area contributed by atoms with Gasteiger partial charge in [-0.1, -0.05) is 17.7 Å². The highest BCUT2D eigenvalue weighted by atomic mass is 35.5. The van der Waals surface area contributed by atoms with Crippen LogP contribution in [0, 0.1) is 5.92 Å². The third-order valence-corrected chi connectivity index (χ3v) is 4.96. The van der Waals surface area contributed by atoms with Crippen LogP contribution in [0.4, 0.5) is 5.69 Å². The zero-order valence-corrected chi connectivity index (χ0v) is 12.5. The van der Waals surface area contributed by atoms with E-state index in [0.717, 1.165) is 30.8 Å². The van der Waals surface area contributed by atoms with Crippen LogP contribution in [0.3, 0.4) is 0 Å². The Morgan fingerprint density at radius 1 is 1.40 bits per heavy atom. The highest BCUT2D eigenvalue weighted by molar-refractivity contribution is 6.30. The molecule has 20 heavy (non-hydrogen) atoms. The van der Waals surface area contributed by atoms with Crippen molar-refractivity contribution >= 4 is 23.3 Å². The van der Waals surface area contributed by atoms with Gasteiger partial charge in [0.2, 0.25) is 0 Å². The van der Waals surface area contributed by atoms with Gasteiger partial charge in [0.1, 0.15) is 0 Å². The van der Waals surface area contributed by atoms with Crippen molar-refractivity contribution in [3.05, 3.63) is 28.8 Å². The normalized spacial score (nSPS) is 29.8. The van der Waals surface area contributed by atoms with Crippen LogP contribution in [0.5, 0.6) is 0 Å². The number of carboxylic acids is 1. The van der Waals surface area contributed by atoms with Crippen molar-refractivity contribution in [2.45, 2.75) is 18.4 Å². The molecule has 2 aliphatic rings. The van der Waals surface area contributed by atoms with Crippen LogP contribution < -0.4 is 4.90 Å². The van der Waals surface area contributed by atoms with Crippen LogP contribution >= 0.6 is 11.6 Å². The van der Waals surface area contributed by atoms with E-state index in [1.54, 1.807) is 6.07 Å². The van der Waals surface area contributed by atoms with Crippen molar-refractivity contribution in [2.24, 2.45) is 5.92 Å². The molecule has 0 spiro atoms. The SMILES string of the molecule is CN1CCC2C(C1)C(C(=O)O)c1ccc(Cl)cc1N2C. The van der Waals surface area contributed by atoms with E-state index in [1.807, 2.05) is 12.1 Å². The number of aliphatic carboxylic acids is 1. The topological polar surface area (TPSA) is 43.8 Å². The van der Waals surface area contributed by atoms with Gasteiger partial charge in [0, 0.05) is 36.3 Å². The minimum absolute atomic E-state index is 0.130. The number of benzene rings is 1. The van der Waals surface area contributed by atoms with E-state index in [0.29, 0.717) is 5.02 Å². The summed E-state index contributed by atoms with van der Waals surface area (Å²) in [5.74, 6) is -1.04. The predicted octanol–water partition coefficient (Wildman–Crippen LogP) is 2.28. The smallest absolute Gasteiger partial charge is 0.311 e. The second-order valence-electron chi connectivity index (χ2n) is 5.91. The molecule has 0 aliphatic carbocycles. The average Bonchev–Trinajstić information content (AvgIpc) is 2.39. The van der Waals surface area contributed by atoms with E-state index >= 15 is 0 Å². The van der Waals surface area contributed by atoms with Gasteiger partial charge in [0.05, 0.1) is 5.92 Å². The fourth-order valence-corrected chi connectivity index (χ4v) is 3.93. The minimum Gasteiger partial charge on any atom is -0.481 e. The molecule has 1 N–H and O–H groups in total. The first kappa shape index (κ1) is 13.7. The largest absolute Gasteiger partial charge is 0.481 e. The lowest BCUT2D eigenvalue weighted by atomic mass is 9.73. The number of carboxylic acid groups (broad SMARTS) is 1. The van der Waals surface area contributed by atoms with Gasteiger partial charge in [-0.3, -0.25) is 4.79 Å². The summed E-state index contributed by atoms with van der Waals surface area (Å²) < 4.78 is 0. The summed E-state index contributed by atoms with van der Waals surface area (Å²) in [4.78, 5) is 16.2. The fraction of sp³-hybridized carbons (Fsp3) is 0.533. The maximum Gasteiger partial charge on any atom is 0.311 e. The van der Waals surface area contributed by atoms with Crippen LogP contribution in [-0.2, 0) is 4.79 Å². The molecule has 3 unspecified atom stereocenters. The molecule has 1 saturated heterocycles. The lowest BCUT2D eigenvalue weighted by molar-refractivity contribution is -0.141. The van der Waals surface area contributed by atoms with E-state index in [1.165, 1.54) is 0 Å². The molecule has 0 radical (unpaired) electrons.